The highest BCUT2D eigenvalue weighted by molar-refractivity contribution is 5.87. The molecule has 138 valence electrons. The zero-order chi connectivity index (χ0) is 18.8. The van der Waals surface area contributed by atoms with Gasteiger partial charge in [-0.3, -0.25) is 0 Å². The number of carbonyl (C=O) groups is 2. The highest BCUT2D eigenvalue weighted by atomic mass is 16.5. The number of nitrogens with one attached hydrogen (secondary N) is 3. The zero-order valence-electron chi connectivity index (χ0n) is 14.6. The van der Waals surface area contributed by atoms with Crippen LogP contribution in [-0.2, 0) is 17.8 Å². The third-order valence-corrected chi connectivity index (χ3v) is 3.73. The van der Waals surface area contributed by atoms with Crippen LogP contribution in [0.1, 0.15) is 21.5 Å². The Hall–Kier alpha value is -3.06. The molecule has 7 nitrogen and oxygen atoms in total. The number of para-hydroxylation sites is 1. The van der Waals surface area contributed by atoms with E-state index in [1.54, 1.807) is 19.2 Å². The molecule has 0 saturated heterocycles. The number of aromatic carboxylic acids is 1. The number of hydrogen-bond acceptors (Lipinski definition) is 4. The molecule has 0 aliphatic rings. The van der Waals surface area contributed by atoms with Crippen LogP contribution in [0.2, 0.25) is 0 Å². The lowest BCUT2D eigenvalue weighted by molar-refractivity contribution is 0.0697. The Kier molecular flexibility index (Phi) is 7.45. The molecule has 26 heavy (non-hydrogen) atoms. The molecule has 0 atom stereocenters. The van der Waals surface area contributed by atoms with E-state index in [0.717, 1.165) is 16.8 Å². The maximum atomic E-state index is 12.0. The fraction of sp³-hybridized carbons (Fsp3) is 0.263. The normalized spacial score (nSPS) is 10.2. The number of ether oxygens (including phenoxy) is 1. The summed E-state index contributed by atoms with van der Waals surface area (Å²) in [6.45, 7) is 1.99. The molecule has 2 amide bonds. The summed E-state index contributed by atoms with van der Waals surface area (Å²) in [5.74, 6) is -0.972. The number of hydrogen-bond donors (Lipinski definition) is 4. The lowest BCUT2D eigenvalue weighted by atomic mass is 10.1. The van der Waals surface area contributed by atoms with Crippen LogP contribution in [0.5, 0.6) is 0 Å². The van der Waals surface area contributed by atoms with E-state index in [1.807, 2.05) is 24.3 Å². The Morgan fingerprint density at radius 1 is 1.00 bits per heavy atom. The Morgan fingerprint density at radius 3 is 2.38 bits per heavy atom. The molecular weight excluding hydrogens is 334 g/mol. The molecule has 2 aromatic rings. The molecule has 2 aromatic carbocycles. The standard InChI is InChI=1S/C19H23N3O4/c1-26-11-10-20-17-5-3-2-4-16(17)13-22-19(25)21-12-14-6-8-15(9-7-14)18(23)24/h2-9,20H,10-13H2,1H3,(H,23,24)(H2,21,22,25). The number of urea groups is 1. The third-order valence-electron chi connectivity index (χ3n) is 3.73. The van der Waals surface area contributed by atoms with Crippen LogP contribution in [0.25, 0.3) is 0 Å². The molecule has 7 heteroatoms. The first kappa shape index (κ1) is 19.3. The minimum absolute atomic E-state index is 0.218. The van der Waals surface area contributed by atoms with Gasteiger partial charge in [0.2, 0.25) is 0 Å². The highest BCUT2D eigenvalue weighted by Gasteiger charge is 2.05. The van der Waals surface area contributed by atoms with Gasteiger partial charge in [-0.05, 0) is 29.3 Å². The molecule has 0 fully saturated rings. The number of benzene rings is 2. The lowest BCUT2D eigenvalue weighted by Crippen LogP contribution is -2.34. The van der Waals surface area contributed by atoms with Gasteiger partial charge in [-0.25, -0.2) is 9.59 Å². The third kappa shape index (κ3) is 6.10. The average molecular weight is 357 g/mol. The zero-order valence-corrected chi connectivity index (χ0v) is 14.6. The summed E-state index contributed by atoms with van der Waals surface area (Å²) in [6, 6.07) is 13.8. The largest absolute Gasteiger partial charge is 0.478 e. The van der Waals surface area contributed by atoms with Crippen LogP contribution in [0.4, 0.5) is 10.5 Å². The number of amides is 2. The summed E-state index contributed by atoms with van der Waals surface area (Å²) in [7, 11) is 1.65. The topological polar surface area (TPSA) is 99.7 Å². The first-order chi connectivity index (χ1) is 12.6. The van der Waals surface area contributed by atoms with Crippen LogP contribution >= 0.6 is 0 Å². The Morgan fingerprint density at radius 2 is 1.69 bits per heavy atom. The lowest BCUT2D eigenvalue weighted by Gasteiger charge is -2.13. The second kappa shape index (κ2) is 10.0. The molecule has 2 rings (SSSR count). The molecule has 0 aliphatic carbocycles. The minimum atomic E-state index is -0.972. The number of carboxylic acid groups (broad SMARTS) is 1. The number of rotatable bonds is 9. The smallest absolute Gasteiger partial charge is 0.335 e. The molecule has 0 radical (unpaired) electrons. The van der Waals surface area contributed by atoms with E-state index in [4.69, 9.17) is 9.84 Å². The Labute approximate surface area is 152 Å². The summed E-state index contributed by atoms with van der Waals surface area (Å²) < 4.78 is 5.02. The van der Waals surface area contributed by atoms with Crippen molar-refractivity contribution in [3.63, 3.8) is 0 Å². The maximum Gasteiger partial charge on any atom is 0.335 e. The van der Waals surface area contributed by atoms with Gasteiger partial charge in [-0.1, -0.05) is 30.3 Å². The summed E-state index contributed by atoms with van der Waals surface area (Å²) >= 11 is 0. The molecule has 0 aromatic heterocycles. The first-order valence-electron chi connectivity index (χ1n) is 8.25. The van der Waals surface area contributed by atoms with Crippen molar-refractivity contribution in [2.75, 3.05) is 25.6 Å². The first-order valence-corrected chi connectivity index (χ1v) is 8.25. The van der Waals surface area contributed by atoms with Crippen molar-refractivity contribution in [1.82, 2.24) is 10.6 Å². The minimum Gasteiger partial charge on any atom is -0.478 e. The van der Waals surface area contributed by atoms with Crippen molar-refractivity contribution < 1.29 is 19.4 Å². The molecule has 0 spiro atoms. The molecule has 0 bridgehead atoms. The highest BCUT2D eigenvalue weighted by Crippen LogP contribution is 2.14. The van der Waals surface area contributed by atoms with Gasteiger partial charge in [0.1, 0.15) is 0 Å². The van der Waals surface area contributed by atoms with Gasteiger partial charge in [0.25, 0.3) is 0 Å². The van der Waals surface area contributed by atoms with Gasteiger partial charge in [0, 0.05) is 32.4 Å². The van der Waals surface area contributed by atoms with Crippen LogP contribution in [-0.4, -0.2) is 37.4 Å². The summed E-state index contributed by atoms with van der Waals surface area (Å²) in [4.78, 5) is 22.8. The monoisotopic (exact) mass is 357 g/mol. The molecule has 4 N–H and O–H groups in total. The van der Waals surface area contributed by atoms with Crippen molar-refractivity contribution >= 4 is 17.7 Å². The van der Waals surface area contributed by atoms with E-state index in [1.165, 1.54) is 12.1 Å². The van der Waals surface area contributed by atoms with Gasteiger partial charge in [-0.15, -0.1) is 0 Å². The van der Waals surface area contributed by atoms with E-state index >= 15 is 0 Å². The van der Waals surface area contributed by atoms with E-state index in [9.17, 15) is 9.59 Å². The van der Waals surface area contributed by atoms with Crippen molar-refractivity contribution in [2.45, 2.75) is 13.1 Å². The van der Waals surface area contributed by atoms with E-state index < -0.39 is 5.97 Å². The van der Waals surface area contributed by atoms with Crippen LogP contribution < -0.4 is 16.0 Å². The number of anilines is 1. The van der Waals surface area contributed by atoms with Gasteiger partial charge >= 0.3 is 12.0 Å². The molecule has 0 saturated carbocycles. The predicted molar refractivity (Wildman–Crippen MR) is 99.3 cm³/mol. The van der Waals surface area contributed by atoms with E-state index in [-0.39, 0.29) is 11.6 Å². The Balaban J connectivity index is 1.80. The summed E-state index contributed by atoms with van der Waals surface area (Å²) in [5.41, 5.74) is 2.97. The van der Waals surface area contributed by atoms with Crippen LogP contribution in [0, 0.1) is 0 Å². The van der Waals surface area contributed by atoms with Crippen molar-refractivity contribution in [3.8, 4) is 0 Å². The second-order valence-corrected chi connectivity index (χ2v) is 5.62. The SMILES string of the molecule is COCCNc1ccccc1CNC(=O)NCc1ccc(C(=O)O)cc1. The molecule has 0 aliphatic heterocycles. The number of carbonyl (C=O) groups excluding carboxylic acids is 1. The molecular formula is C19H23N3O4. The van der Waals surface area contributed by atoms with Crippen molar-refractivity contribution in [3.05, 3.63) is 65.2 Å². The number of carboxylic acids is 1. The van der Waals surface area contributed by atoms with Gasteiger partial charge in [0.05, 0.1) is 12.2 Å². The Bertz CT molecular complexity index is 732. The predicted octanol–water partition coefficient (Wildman–Crippen LogP) is 2.44. The second-order valence-electron chi connectivity index (χ2n) is 5.62. The van der Waals surface area contributed by atoms with Crippen LogP contribution in [0.3, 0.4) is 0 Å². The molecule has 0 unspecified atom stereocenters. The maximum absolute atomic E-state index is 12.0. The van der Waals surface area contributed by atoms with Crippen molar-refractivity contribution in [2.24, 2.45) is 0 Å². The van der Waals surface area contributed by atoms with Crippen LogP contribution in [0.15, 0.2) is 48.5 Å². The fourth-order valence-electron chi connectivity index (χ4n) is 2.32. The van der Waals surface area contributed by atoms with Gasteiger partial charge in [-0.2, -0.15) is 0 Å². The van der Waals surface area contributed by atoms with E-state index in [0.29, 0.717) is 26.2 Å². The number of methoxy groups -OCH3 is 1. The molecule has 0 heterocycles. The quantitative estimate of drug-likeness (QED) is 0.517. The average Bonchev–Trinajstić information content (AvgIpc) is 2.66. The summed E-state index contributed by atoms with van der Waals surface area (Å²) in [5, 5.41) is 17.7. The summed E-state index contributed by atoms with van der Waals surface area (Å²) in [6.07, 6.45) is 0. The van der Waals surface area contributed by atoms with Gasteiger partial charge < -0.3 is 25.8 Å². The van der Waals surface area contributed by atoms with E-state index in [2.05, 4.69) is 16.0 Å². The van der Waals surface area contributed by atoms with Gasteiger partial charge in [0.15, 0.2) is 0 Å². The van der Waals surface area contributed by atoms with Crippen molar-refractivity contribution in [1.29, 1.82) is 0 Å². The fourth-order valence-corrected chi connectivity index (χ4v) is 2.32.